The summed E-state index contributed by atoms with van der Waals surface area (Å²) >= 11 is 0. The molecule has 0 bridgehead atoms. The number of carbonyl (C=O) groups is 1. The molecule has 0 aliphatic heterocycles. The number of amides is 1. The summed E-state index contributed by atoms with van der Waals surface area (Å²) < 4.78 is 11.4. The van der Waals surface area contributed by atoms with Gasteiger partial charge in [0.25, 0.3) is 0 Å². The largest absolute Gasteiger partial charge is 0.492 e. The van der Waals surface area contributed by atoms with Crippen molar-refractivity contribution in [3.05, 3.63) is 29.8 Å². The normalized spacial score (nSPS) is 22.5. The van der Waals surface area contributed by atoms with Crippen molar-refractivity contribution in [2.45, 2.75) is 45.4 Å². The van der Waals surface area contributed by atoms with E-state index < -0.39 is 5.54 Å². The van der Waals surface area contributed by atoms with Crippen molar-refractivity contribution in [3.8, 4) is 5.75 Å². The molecule has 2 unspecified atom stereocenters. The fraction of sp³-hybridized carbons (Fsp3) is 0.650. The minimum absolute atomic E-state index is 0. The Hall–Kier alpha value is -1.05. The molecule has 162 valence electrons. The molecule has 3 N–H and O–H groups in total. The standard InChI is InChI=1S/C20H33N3O3.2ClH/c1-6-25-17-13-20(21,19(17,2)3)18(24)22-14-15-8-7-9-16(12-15)26-11-10-23(4)5;;/h7-9,12,17H,6,10-11,13-14,21H2,1-5H3,(H,22,24);2*1H. The first-order valence-electron chi connectivity index (χ1n) is 9.26. The number of rotatable bonds is 9. The number of halogens is 2. The zero-order chi connectivity index (χ0) is 19.4. The van der Waals surface area contributed by atoms with E-state index in [-0.39, 0.29) is 42.2 Å². The molecule has 0 radical (unpaired) electrons. The second-order valence-electron chi connectivity index (χ2n) is 7.82. The summed E-state index contributed by atoms with van der Waals surface area (Å²) in [5.74, 6) is 0.679. The molecule has 8 heteroatoms. The van der Waals surface area contributed by atoms with E-state index in [4.69, 9.17) is 15.2 Å². The maximum Gasteiger partial charge on any atom is 0.241 e. The third-order valence-corrected chi connectivity index (χ3v) is 5.39. The lowest BCUT2D eigenvalue weighted by Crippen LogP contribution is -2.75. The van der Waals surface area contributed by atoms with E-state index in [0.717, 1.165) is 17.9 Å². The van der Waals surface area contributed by atoms with Gasteiger partial charge >= 0.3 is 0 Å². The maximum absolute atomic E-state index is 12.7. The third kappa shape index (κ3) is 5.97. The van der Waals surface area contributed by atoms with Crippen molar-refractivity contribution in [2.75, 3.05) is 33.9 Å². The number of carbonyl (C=O) groups excluding carboxylic acids is 1. The zero-order valence-electron chi connectivity index (χ0n) is 17.5. The lowest BCUT2D eigenvalue weighted by molar-refractivity contribution is -0.170. The highest BCUT2D eigenvalue weighted by molar-refractivity contribution is 5.88. The Bertz CT molecular complexity index is 628. The molecule has 1 aromatic carbocycles. The lowest BCUT2D eigenvalue weighted by Gasteiger charge is -2.57. The minimum atomic E-state index is -0.896. The Morgan fingerprint density at radius 2 is 2.00 bits per heavy atom. The molecule has 2 rings (SSSR count). The van der Waals surface area contributed by atoms with E-state index in [0.29, 0.717) is 26.2 Å². The van der Waals surface area contributed by atoms with Gasteiger partial charge in [0.2, 0.25) is 5.91 Å². The van der Waals surface area contributed by atoms with Crippen LogP contribution in [-0.2, 0) is 16.1 Å². The fourth-order valence-corrected chi connectivity index (χ4v) is 3.25. The van der Waals surface area contributed by atoms with Gasteiger partial charge in [0.1, 0.15) is 17.9 Å². The van der Waals surface area contributed by atoms with Crippen LogP contribution in [-0.4, -0.2) is 56.3 Å². The molecule has 0 aromatic heterocycles. The average Bonchev–Trinajstić information content (AvgIpc) is 2.59. The van der Waals surface area contributed by atoms with Crippen LogP contribution in [0.1, 0.15) is 32.8 Å². The molecule has 0 saturated heterocycles. The summed E-state index contributed by atoms with van der Waals surface area (Å²) in [6.45, 7) is 8.49. The molecule has 1 saturated carbocycles. The highest BCUT2D eigenvalue weighted by Crippen LogP contribution is 2.49. The van der Waals surface area contributed by atoms with Crippen LogP contribution in [0.5, 0.6) is 5.75 Å². The third-order valence-electron chi connectivity index (χ3n) is 5.39. The van der Waals surface area contributed by atoms with Gasteiger partial charge in [-0.25, -0.2) is 0 Å². The Labute approximate surface area is 181 Å². The summed E-state index contributed by atoms with van der Waals surface area (Å²) in [7, 11) is 4.02. The predicted molar refractivity (Wildman–Crippen MR) is 118 cm³/mol. The monoisotopic (exact) mass is 435 g/mol. The van der Waals surface area contributed by atoms with Crippen molar-refractivity contribution in [2.24, 2.45) is 11.1 Å². The van der Waals surface area contributed by atoms with Gasteiger partial charge in [0, 0.05) is 31.5 Å². The van der Waals surface area contributed by atoms with Crippen LogP contribution in [0.25, 0.3) is 0 Å². The number of nitrogens with zero attached hydrogens (tertiary/aromatic N) is 1. The first-order chi connectivity index (χ1) is 12.2. The molecule has 1 aliphatic rings. The Kier molecular flexibility index (Phi) is 10.8. The number of benzene rings is 1. The maximum atomic E-state index is 12.7. The van der Waals surface area contributed by atoms with Crippen LogP contribution < -0.4 is 15.8 Å². The first kappa shape index (κ1) is 27.0. The quantitative estimate of drug-likeness (QED) is 0.623. The Morgan fingerprint density at radius 1 is 1.32 bits per heavy atom. The molecule has 1 aliphatic carbocycles. The van der Waals surface area contributed by atoms with E-state index in [9.17, 15) is 4.79 Å². The predicted octanol–water partition coefficient (Wildman–Crippen LogP) is 2.62. The van der Waals surface area contributed by atoms with Gasteiger partial charge in [-0.3, -0.25) is 4.79 Å². The molecule has 6 nitrogen and oxygen atoms in total. The van der Waals surface area contributed by atoms with Gasteiger partial charge in [0.05, 0.1) is 6.10 Å². The second kappa shape index (κ2) is 11.2. The van der Waals surface area contributed by atoms with Crippen LogP contribution >= 0.6 is 24.8 Å². The van der Waals surface area contributed by atoms with E-state index in [1.807, 2.05) is 59.1 Å². The Morgan fingerprint density at radius 3 is 2.57 bits per heavy atom. The van der Waals surface area contributed by atoms with Gasteiger partial charge < -0.3 is 25.4 Å². The summed E-state index contributed by atoms with van der Waals surface area (Å²) in [6.07, 6.45) is 0.574. The molecule has 1 fully saturated rings. The SMILES string of the molecule is CCOC1CC(N)(C(=O)NCc2cccc(OCCN(C)C)c2)C1(C)C.Cl.Cl. The number of nitrogens with one attached hydrogen (secondary N) is 1. The van der Waals surface area contributed by atoms with Crippen molar-refractivity contribution in [1.82, 2.24) is 10.2 Å². The van der Waals surface area contributed by atoms with Gasteiger partial charge in [-0.05, 0) is 38.7 Å². The smallest absolute Gasteiger partial charge is 0.241 e. The van der Waals surface area contributed by atoms with Gasteiger partial charge in [-0.15, -0.1) is 24.8 Å². The molecule has 1 aromatic rings. The molecule has 0 spiro atoms. The molecule has 0 heterocycles. The zero-order valence-corrected chi connectivity index (χ0v) is 19.1. The molecule has 2 atom stereocenters. The van der Waals surface area contributed by atoms with Crippen LogP contribution in [0.3, 0.4) is 0 Å². The van der Waals surface area contributed by atoms with Crippen LogP contribution in [0.15, 0.2) is 24.3 Å². The van der Waals surface area contributed by atoms with Gasteiger partial charge in [0.15, 0.2) is 0 Å². The average molecular weight is 436 g/mol. The molecule has 28 heavy (non-hydrogen) atoms. The van der Waals surface area contributed by atoms with E-state index in [1.165, 1.54) is 0 Å². The Balaban J connectivity index is 0.00000364. The van der Waals surface area contributed by atoms with E-state index in [2.05, 4.69) is 10.2 Å². The summed E-state index contributed by atoms with van der Waals surface area (Å²) in [5, 5.41) is 2.98. The van der Waals surface area contributed by atoms with Crippen molar-refractivity contribution < 1.29 is 14.3 Å². The van der Waals surface area contributed by atoms with Crippen molar-refractivity contribution in [1.29, 1.82) is 0 Å². The van der Waals surface area contributed by atoms with E-state index in [1.54, 1.807) is 0 Å². The molecule has 1 amide bonds. The highest BCUT2D eigenvalue weighted by Gasteiger charge is 2.62. The number of hydrogen-bond donors (Lipinski definition) is 2. The lowest BCUT2D eigenvalue weighted by atomic mass is 9.54. The van der Waals surface area contributed by atoms with Gasteiger partial charge in [-0.2, -0.15) is 0 Å². The number of nitrogens with two attached hydrogens (primary N) is 1. The van der Waals surface area contributed by atoms with Crippen LogP contribution in [0, 0.1) is 5.41 Å². The van der Waals surface area contributed by atoms with Crippen LogP contribution in [0.2, 0.25) is 0 Å². The fourth-order valence-electron chi connectivity index (χ4n) is 3.25. The number of hydrogen-bond acceptors (Lipinski definition) is 5. The van der Waals surface area contributed by atoms with Crippen molar-refractivity contribution >= 4 is 30.7 Å². The first-order valence-corrected chi connectivity index (χ1v) is 9.26. The number of ether oxygens (including phenoxy) is 2. The second-order valence-corrected chi connectivity index (χ2v) is 7.82. The molecular weight excluding hydrogens is 401 g/mol. The highest BCUT2D eigenvalue weighted by atomic mass is 35.5. The summed E-state index contributed by atoms with van der Waals surface area (Å²) in [6, 6.07) is 7.78. The molecular formula is C20H35Cl2N3O3. The van der Waals surface area contributed by atoms with Gasteiger partial charge in [-0.1, -0.05) is 26.0 Å². The van der Waals surface area contributed by atoms with Crippen LogP contribution in [0.4, 0.5) is 0 Å². The van der Waals surface area contributed by atoms with Crippen molar-refractivity contribution in [3.63, 3.8) is 0 Å². The topological polar surface area (TPSA) is 76.8 Å². The summed E-state index contributed by atoms with van der Waals surface area (Å²) in [5.41, 5.74) is 6.12. The van der Waals surface area contributed by atoms with E-state index >= 15 is 0 Å². The number of likely N-dealkylation sites (N-methyl/N-ethyl adjacent to an activating group) is 1. The summed E-state index contributed by atoms with van der Waals surface area (Å²) in [4.78, 5) is 14.8. The minimum Gasteiger partial charge on any atom is -0.492 e.